The number of hydrogen-bond donors (Lipinski definition) is 2. The highest BCUT2D eigenvalue weighted by Gasteiger charge is 2.11. The van der Waals surface area contributed by atoms with Crippen LogP contribution in [0.4, 0.5) is 17.2 Å². The monoisotopic (exact) mass is 257 g/mol. The molecule has 0 saturated heterocycles. The van der Waals surface area contributed by atoms with E-state index in [2.05, 4.69) is 15.5 Å². The van der Waals surface area contributed by atoms with Gasteiger partial charge in [-0.05, 0) is 24.3 Å². The summed E-state index contributed by atoms with van der Waals surface area (Å²) in [5.74, 6) is -0.0351. The summed E-state index contributed by atoms with van der Waals surface area (Å²) in [5.41, 5.74) is 7.29. The van der Waals surface area contributed by atoms with Crippen molar-refractivity contribution in [2.75, 3.05) is 30.0 Å². The van der Waals surface area contributed by atoms with Gasteiger partial charge in [-0.25, -0.2) is 0 Å². The zero-order chi connectivity index (χ0) is 13.8. The Kier molecular flexibility index (Phi) is 3.61. The first-order valence-electron chi connectivity index (χ1n) is 5.75. The first-order valence-corrected chi connectivity index (χ1v) is 5.75. The Hall–Kier alpha value is -2.63. The quantitative estimate of drug-likeness (QED) is 0.867. The molecule has 3 N–H and O–H groups in total. The van der Waals surface area contributed by atoms with E-state index in [1.165, 1.54) is 6.07 Å². The van der Waals surface area contributed by atoms with Gasteiger partial charge in [0.1, 0.15) is 5.82 Å². The van der Waals surface area contributed by atoms with Gasteiger partial charge in [0.2, 0.25) is 0 Å². The maximum Gasteiger partial charge on any atom is 0.276 e. The summed E-state index contributed by atoms with van der Waals surface area (Å²) in [6.07, 6.45) is 0. The molecule has 1 heterocycles. The molecule has 0 bridgehead atoms. The number of nitrogen functional groups attached to an aromatic ring is 1. The van der Waals surface area contributed by atoms with Gasteiger partial charge in [-0.3, -0.25) is 4.79 Å². The number of anilines is 3. The van der Waals surface area contributed by atoms with E-state index in [0.717, 1.165) is 11.4 Å². The van der Waals surface area contributed by atoms with Crippen LogP contribution in [0.3, 0.4) is 0 Å². The number of aromatic nitrogens is 2. The van der Waals surface area contributed by atoms with Gasteiger partial charge in [0.15, 0.2) is 5.69 Å². The molecule has 98 valence electrons. The lowest BCUT2D eigenvalue weighted by molar-refractivity contribution is 0.102. The molecule has 0 saturated carbocycles. The Morgan fingerprint density at radius 3 is 2.53 bits per heavy atom. The van der Waals surface area contributed by atoms with Crippen molar-refractivity contribution in [2.24, 2.45) is 0 Å². The van der Waals surface area contributed by atoms with Gasteiger partial charge in [-0.2, -0.15) is 0 Å². The number of para-hydroxylation sites is 2. The van der Waals surface area contributed by atoms with Gasteiger partial charge in [0, 0.05) is 14.1 Å². The van der Waals surface area contributed by atoms with Gasteiger partial charge in [-0.15, -0.1) is 10.2 Å². The highest BCUT2D eigenvalue weighted by molar-refractivity contribution is 6.04. The molecule has 0 radical (unpaired) electrons. The van der Waals surface area contributed by atoms with Crippen molar-refractivity contribution in [3.8, 4) is 0 Å². The smallest absolute Gasteiger partial charge is 0.276 e. The van der Waals surface area contributed by atoms with Crippen molar-refractivity contribution in [3.63, 3.8) is 0 Å². The number of rotatable bonds is 3. The molecular weight excluding hydrogens is 242 g/mol. The Morgan fingerprint density at radius 2 is 1.89 bits per heavy atom. The maximum absolute atomic E-state index is 12.0. The largest absolute Gasteiger partial charge is 0.382 e. The number of benzene rings is 1. The van der Waals surface area contributed by atoms with Crippen molar-refractivity contribution < 1.29 is 4.79 Å². The second-order valence-electron chi connectivity index (χ2n) is 4.21. The molecule has 0 aliphatic rings. The van der Waals surface area contributed by atoms with E-state index in [9.17, 15) is 4.79 Å². The zero-order valence-corrected chi connectivity index (χ0v) is 10.8. The average Bonchev–Trinajstić information content (AvgIpc) is 2.39. The summed E-state index contributed by atoms with van der Waals surface area (Å²) in [6, 6.07) is 10.6. The van der Waals surface area contributed by atoms with E-state index >= 15 is 0 Å². The second kappa shape index (κ2) is 5.34. The number of carbonyl (C=O) groups excluding carboxylic acids is 1. The summed E-state index contributed by atoms with van der Waals surface area (Å²) in [4.78, 5) is 13.9. The van der Waals surface area contributed by atoms with Crippen molar-refractivity contribution in [3.05, 3.63) is 42.1 Å². The van der Waals surface area contributed by atoms with Crippen molar-refractivity contribution in [1.29, 1.82) is 0 Å². The summed E-state index contributed by atoms with van der Waals surface area (Å²) >= 11 is 0. The molecule has 0 fully saturated rings. The highest BCUT2D eigenvalue weighted by atomic mass is 16.1. The Morgan fingerprint density at radius 1 is 1.16 bits per heavy atom. The highest BCUT2D eigenvalue weighted by Crippen LogP contribution is 2.23. The third kappa shape index (κ3) is 2.98. The molecule has 0 aliphatic carbocycles. The van der Waals surface area contributed by atoms with Gasteiger partial charge in [0.25, 0.3) is 5.91 Å². The van der Waals surface area contributed by atoms with Gasteiger partial charge >= 0.3 is 0 Å². The molecule has 0 unspecified atom stereocenters. The average molecular weight is 257 g/mol. The molecule has 2 aromatic rings. The summed E-state index contributed by atoms with van der Waals surface area (Å²) in [6.45, 7) is 0. The molecule has 0 atom stereocenters. The normalized spacial score (nSPS) is 10.0. The molecule has 6 nitrogen and oxygen atoms in total. The van der Waals surface area contributed by atoms with E-state index in [1.807, 2.05) is 43.3 Å². The molecule has 2 rings (SSSR count). The first kappa shape index (κ1) is 12.8. The fraction of sp³-hybridized carbons (Fsp3) is 0.154. The fourth-order valence-electron chi connectivity index (χ4n) is 1.62. The van der Waals surface area contributed by atoms with Crippen LogP contribution in [-0.2, 0) is 0 Å². The third-order valence-electron chi connectivity index (χ3n) is 2.55. The number of nitrogens with one attached hydrogen (secondary N) is 1. The predicted octanol–water partition coefficient (Wildman–Crippen LogP) is 1.38. The third-order valence-corrected chi connectivity index (χ3v) is 2.55. The van der Waals surface area contributed by atoms with Crippen LogP contribution in [-0.4, -0.2) is 30.2 Å². The minimum atomic E-state index is -0.318. The Bertz CT molecular complexity index is 580. The number of amides is 1. The van der Waals surface area contributed by atoms with Crippen molar-refractivity contribution in [1.82, 2.24) is 10.2 Å². The lowest BCUT2D eigenvalue weighted by Gasteiger charge is -2.17. The van der Waals surface area contributed by atoms with E-state index in [1.54, 1.807) is 6.07 Å². The lowest BCUT2D eigenvalue weighted by atomic mass is 10.2. The number of hydrogen-bond acceptors (Lipinski definition) is 5. The van der Waals surface area contributed by atoms with E-state index in [-0.39, 0.29) is 17.4 Å². The first-order chi connectivity index (χ1) is 9.08. The molecule has 1 aromatic heterocycles. The maximum atomic E-state index is 12.0. The number of nitrogens with two attached hydrogens (primary N) is 1. The van der Waals surface area contributed by atoms with Crippen LogP contribution in [0.1, 0.15) is 10.5 Å². The zero-order valence-electron chi connectivity index (χ0n) is 10.8. The minimum Gasteiger partial charge on any atom is -0.382 e. The summed E-state index contributed by atoms with van der Waals surface area (Å²) < 4.78 is 0. The number of nitrogens with zero attached hydrogens (tertiary/aromatic N) is 3. The van der Waals surface area contributed by atoms with Crippen LogP contribution in [0.25, 0.3) is 0 Å². The molecular formula is C13H15N5O. The van der Waals surface area contributed by atoms with Crippen LogP contribution in [0.5, 0.6) is 0 Å². The molecule has 1 aromatic carbocycles. The molecule has 1 amide bonds. The van der Waals surface area contributed by atoms with Gasteiger partial charge < -0.3 is 16.0 Å². The SMILES string of the molecule is CN(C)c1ccccc1NC(=O)c1ccc(N)nn1. The standard InChI is InChI=1S/C13H15N5O/c1-18(2)11-6-4-3-5-9(11)15-13(19)10-7-8-12(14)17-16-10/h3-8H,1-2H3,(H2,14,17)(H,15,19). The van der Waals surface area contributed by atoms with E-state index in [4.69, 9.17) is 5.73 Å². The van der Waals surface area contributed by atoms with Crippen LogP contribution < -0.4 is 16.0 Å². The van der Waals surface area contributed by atoms with Crippen molar-refractivity contribution >= 4 is 23.1 Å². The van der Waals surface area contributed by atoms with Gasteiger partial charge in [-0.1, -0.05) is 12.1 Å². The van der Waals surface area contributed by atoms with Crippen LogP contribution >= 0.6 is 0 Å². The summed E-state index contributed by atoms with van der Waals surface area (Å²) in [5, 5.41) is 10.2. The van der Waals surface area contributed by atoms with Crippen LogP contribution in [0, 0.1) is 0 Å². The van der Waals surface area contributed by atoms with E-state index in [0.29, 0.717) is 0 Å². The molecule has 0 aliphatic heterocycles. The molecule has 19 heavy (non-hydrogen) atoms. The van der Waals surface area contributed by atoms with Gasteiger partial charge in [0.05, 0.1) is 11.4 Å². The van der Waals surface area contributed by atoms with Crippen LogP contribution in [0.2, 0.25) is 0 Å². The topological polar surface area (TPSA) is 84.1 Å². The van der Waals surface area contributed by atoms with E-state index < -0.39 is 0 Å². The van der Waals surface area contributed by atoms with Crippen molar-refractivity contribution in [2.45, 2.75) is 0 Å². The predicted molar refractivity (Wildman–Crippen MR) is 75.2 cm³/mol. The summed E-state index contributed by atoms with van der Waals surface area (Å²) in [7, 11) is 3.82. The molecule has 6 heteroatoms. The number of carbonyl (C=O) groups is 1. The minimum absolute atomic E-state index is 0.225. The lowest BCUT2D eigenvalue weighted by Crippen LogP contribution is -2.18. The molecule has 0 spiro atoms. The second-order valence-corrected chi connectivity index (χ2v) is 4.21. The Balaban J connectivity index is 2.22. The fourth-order valence-corrected chi connectivity index (χ4v) is 1.62. The van der Waals surface area contributed by atoms with Crippen LogP contribution in [0.15, 0.2) is 36.4 Å². The Labute approximate surface area is 111 Å².